The van der Waals surface area contributed by atoms with Crippen LogP contribution in [-0.4, -0.2) is 34.2 Å². The van der Waals surface area contributed by atoms with Crippen LogP contribution in [0.3, 0.4) is 0 Å². The van der Waals surface area contributed by atoms with Gasteiger partial charge in [0.15, 0.2) is 17.2 Å². The number of benzene rings is 1. The highest BCUT2D eigenvalue weighted by Gasteiger charge is 2.22. The van der Waals surface area contributed by atoms with Crippen molar-refractivity contribution in [2.45, 2.75) is 27.2 Å². The third kappa shape index (κ3) is 5.13. The van der Waals surface area contributed by atoms with Gasteiger partial charge < -0.3 is 21.3 Å². The fourth-order valence-electron chi connectivity index (χ4n) is 1.35. The number of hydrogen-bond donors (Lipinski definition) is 5. The molecular weight excluding hydrogens is 274 g/mol. The number of carbonyl (C=O) groups is 2. The first kappa shape index (κ1) is 18.4. The molecule has 1 aromatic carbocycles. The molecule has 7 heteroatoms. The molecule has 0 aromatic heterocycles. The van der Waals surface area contributed by atoms with Gasteiger partial charge >= 0.3 is 0 Å². The number of anilines is 1. The van der Waals surface area contributed by atoms with E-state index in [1.165, 1.54) is 6.42 Å². The molecule has 7 nitrogen and oxygen atoms in total. The largest absolute Gasteiger partial charge is 0.504 e. The van der Waals surface area contributed by atoms with Crippen molar-refractivity contribution in [3.05, 3.63) is 17.7 Å². The van der Waals surface area contributed by atoms with Crippen molar-refractivity contribution in [1.29, 1.82) is 5.41 Å². The molecule has 0 atom stereocenters. The maximum Gasteiger partial charge on any atom is 0.270 e. The Kier molecular flexibility index (Phi) is 7.52. The van der Waals surface area contributed by atoms with E-state index in [1.54, 1.807) is 6.92 Å². The number of rotatable bonds is 5. The average Bonchev–Trinajstić information content (AvgIpc) is 2.42. The number of ketones is 1. The van der Waals surface area contributed by atoms with Crippen LogP contribution in [-0.2, 0) is 4.79 Å². The highest BCUT2D eigenvalue weighted by atomic mass is 16.3. The molecule has 0 saturated carbocycles. The van der Waals surface area contributed by atoms with Crippen molar-refractivity contribution < 1.29 is 19.8 Å². The predicted molar refractivity (Wildman–Crippen MR) is 81.2 cm³/mol. The number of hydrogen-bond acceptors (Lipinski definition) is 6. The molecule has 0 unspecified atom stereocenters. The van der Waals surface area contributed by atoms with Crippen LogP contribution in [0.25, 0.3) is 0 Å². The van der Waals surface area contributed by atoms with E-state index in [1.807, 2.05) is 0 Å². The van der Waals surface area contributed by atoms with Crippen LogP contribution in [0.4, 0.5) is 5.69 Å². The van der Waals surface area contributed by atoms with Gasteiger partial charge in [-0.2, -0.15) is 0 Å². The summed E-state index contributed by atoms with van der Waals surface area (Å²) in [5, 5.41) is 28.7. The van der Waals surface area contributed by atoms with Gasteiger partial charge in [-0.15, -0.1) is 0 Å². The standard InChI is InChI=1S/C11H13N3O4.C3H8/c1-2-14-6-4-8(16)7(15)3-5(6)10(17)9(12)11(13)18;1-3-2/h3-4,12,14-16H,2H2,1H3,(H2,13,18);3H2,1-2H3. The quantitative estimate of drug-likeness (QED) is 0.185. The van der Waals surface area contributed by atoms with Gasteiger partial charge in [0.2, 0.25) is 5.78 Å². The van der Waals surface area contributed by atoms with Gasteiger partial charge in [0.1, 0.15) is 0 Å². The fourth-order valence-corrected chi connectivity index (χ4v) is 1.35. The minimum atomic E-state index is -1.16. The van der Waals surface area contributed by atoms with Crippen LogP contribution in [0.1, 0.15) is 37.6 Å². The number of nitrogens with one attached hydrogen (secondary N) is 2. The normalized spacial score (nSPS) is 9.29. The second-order valence-electron chi connectivity index (χ2n) is 4.19. The van der Waals surface area contributed by atoms with E-state index in [9.17, 15) is 19.8 Å². The zero-order valence-corrected chi connectivity index (χ0v) is 12.4. The molecule has 1 amide bonds. The van der Waals surface area contributed by atoms with Crippen molar-refractivity contribution in [3.8, 4) is 11.5 Å². The van der Waals surface area contributed by atoms with Crippen molar-refractivity contribution in [3.63, 3.8) is 0 Å². The number of aromatic hydroxyl groups is 2. The van der Waals surface area contributed by atoms with Crippen molar-refractivity contribution in [2.24, 2.45) is 5.73 Å². The molecule has 0 bridgehead atoms. The highest BCUT2D eigenvalue weighted by molar-refractivity contribution is 6.67. The summed E-state index contributed by atoms with van der Waals surface area (Å²) in [4.78, 5) is 22.6. The third-order valence-electron chi connectivity index (χ3n) is 2.20. The number of phenols is 2. The Morgan fingerprint density at radius 3 is 2.10 bits per heavy atom. The first-order valence-electron chi connectivity index (χ1n) is 6.52. The number of Topliss-reactive ketones (excluding diaryl/α,β-unsaturated/α-hetero) is 1. The summed E-state index contributed by atoms with van der Waals surface area (Å²) in [5.74, 6) is -3.01. The molecule has 6 N–H and O–H groups in total. The van der Waals surface area contributed by atoms with Crippen molar-refractivity contribution >= 4 is 23.1 Å². The smallest absolute Gasteiger partial charge is 0.270 e. The van der Waals surface area contributed by atoms with Gasteiger partial charge in [-0.25, -0.2) is 0 Å². The Bertz CT molecular complexity index is 541. The van der Waals surface area contributed by atoms with Gasteiger partial charge in [0.05, 0.1) is 5.56 Å². The molecule has 0 radical (unpaired) electrons. The van der Waals surface area contributed by atoms with Crippen LogP contribution in [0.2, 0.25) is 0 Å². The van der Waals surface area contributed by atoms with E-state index < -0.39 is 28.9 Å². The summed E-state index contributed by atoms with van der Waals surface area (Å²) in [6.07, 6.45) is 1.25. The first-order valence-corrected chi connectivity index (χ1v) is 6.52. The lowest BCUT2D eigenvalue weighted by Crippen LogP contribution is -2.30. The SMILES string of the molecule is CCC.CCNc1cc(O)c(O)cc1C(=O)C(=N)C(N)=O. The van der Waals surface area contributed by atoms with Crippen molar-refractivity contribution in [2.75, 3.05) is 11.9 Å². The Balaban J connectivity index is 0.00000122. The summed E-state index contributed by atoms with van der Waals surface area (Å²) in [6.45, 7) is 6.46. The highest BCUT2D eigenvalue weighted by Crippen LogP contribution is 2.31. The zero-order chi connectivity index (χ0) is 16.6. The molecule has 21 heavy (non-hydrogen) atoms. The molecule has 0 fully saturated rings. The van der Waals surface area contributed by atoms with Crippen LogP contribution in [0.5, 0.6) is 11.5 Å². The second kappa shape index (κ2) is 8.57. The number of phenolic OH excluding ortho intramolecular Hbond substituents is 2. The summed E-state index contributed by atoms with van der Waals surface area (Å²) in [7, 11) is 0. The van der Waals surface area contributed by atoms with Gasteiger partial charge in [-0.1, -0.05) is 20.3 Å². The lowest BCUT2D eigenvalue weighted by atomic mass is 10.0. The van der Waals surface area contributed by atoms with Crippen LogP contribution in [0, 0.1) is 5.41 Å². The van der Waals surface area contributed by atoms with Crippen LogP contribution < -0.4 is 11.1 Å². The van der Waals surface area contributed by atoms with E-state index in [0.717, 1.165) is 12.1 Å². The maximum absolute atomic E-state index is 11.8. The molecule has 0 saturated heterocycles. The van der Waals surface area contributed by atoms with Gasteiger partial charge in [0, 0.05) is 18.3 Å². The minimum absolute atomic E-state index is 0.101. The molecule has 116 valence electrons. The fraction of sp³-hybridized carbons (Fsp3) is 0.357. The molecule has 0 aliphatic heterocycles. The zero-order valence-electron chi connectivity index (χ0n) is 12.4. The summed E-state index contributed by atoms with van der Waals surface area (Å²) >= 11 is 0. The predicted octanol–water partition coefficient (Wildman–Crippen LogP) is 1.63. The molecular formula is C14H21N3O4. The minimum Gasteiger partial charge on any atom is -0.504 e. The van der Waals surface area contributed by atoms with E-state index in [0.29, 0.717) is 6.54 Å². The number of carbonyl (C=O) groups excluding carboxylic acids is 2. The van der Waals surface area contributed by atoms with Crippen LogP contribution in [0.15, 0.2) is 12.1 Å². The molecule has 0 heterocycles. The topological polar surface area (TPSA) is 136 Å². The Morgan fingerprint density at radius 1 is 1.19 bits per heavy atom. The number of amides is 1. The van der Waals surface area contributed by atoms with Gasteiger partial charge in [0.25, 0.3) is 5.91 Å². The van der Waals surface area contributed by atoms with Crippen LogP contribution >= 0.6 is 0 Å². The van der Waals surface area contributed by atoms with E-state index in [2.05, 4.69) is 19.2 Å². The lowest BCUT2D eigenvalue weighted by molar-refractivity contribution is -0.111. The monoisotopic (exact) mass is 295 g/mol. The molecule has 0 aliphatic rings. The average molecular weight is 295 g/mol. The lowest BCUT2D eigenvalue weighted by Gasteiger charge is -2.11. The summed E-state index contributed by atoms with van der Waals surface area (Å²) in [6, 6.07) is 2.12. The van der Waals surface area contributed by atoms with Gasteiger partial charge in [-0.3, -0.25) is 15.0 Å². The molecule has 1 rings (SSSR count). The van der Waals surface area contributed by atoms with E-state index in [-0.39, 0.29) is 11.3 Å². The van der Waals surface area contributed by atoms with Gasteiger partial charge in [-0.05, 0) is 13.0 Å². The van der Waals surface area contributed by atoms with Crippen molar-refractivity contribution in [1.82, 2.24) is 0 Å². The molecule has 1 aromatic rings. The second-order valence-corrected chi connectivity index (χ2v) is 4.19. The third-order valence-corrected chi connectivity index (χ3v) is 2.20. The number of nitrogens with two attached hydrogens (primary N) is 1. The molecule has 0 spiro atoms. The Hall–Kier alpha value is -2.57. The first-order chi connectivity index (χ1) is 9.79. The molecule has 0 aliphatic carbocycles. The number of primary amides is 1. The van der Waals surface area contributed by atoms with E-state index in [4.69, 9.17) is 11.1 Å². The Morgan fingerprint density at radius 2 is 1.67 bits per heavy atom. The maximum atomic E-state index is 11.8. The Labute approximate surface area is 123 Å². The van der Waals surface area contributed by atoms with E-state index >= 15 is 0 Å². The summed E-state index contributed by atoms with van der Waals surface area (Å²) in [5.41, 5.74) is 4.07. The summed E-state index contributed by atoms with van der Waals surface area (Å²) < 4.78 is 0.